The van der Waals surface area contributed by atoms with Crippen molar-refractivity contribution in [1.29, 1.82) is 0 Å². The second-order valence-electron chi connectivity index (χ2n) is 7.95. The van der Waals surface area contributed by atoms with Crippen LogP contribution in [-0.4, -0.2) is 17.4 Å². The van der Waals surface area contributed by atoms with Crippen LogP contribution in [-0.2, 0) is 11.2 Å². The molecule has 0 saturated heterocycles. The van der Waals surface area contributed by atoms with Gasteiger partial charge in [0.2, 0.25) is 5.91 Å². The molecular weight excluding hydrogens is 276 g/mol. The molecule has 120 valence electrons. The Kier molecular flexibility index (Phi) is 3.31. The summed E-state index contributed by atoms with van der Waals surface area (Å²) in [7, 11) is 0. The number of nitrogens with zero attached hydrogens (tertiary/aromatic N) is 1. The molecule has 4 fully saturated rings. The van der Waals surface area contributed by atoms with E-state index in [9.17, 15) is 4.79 Å². The molecule has 4 saturated carbocycles. The summed E-state index contributed by atoms with van der Waals surface area (Å²) in [6.45, 7) is 4.49. The Morgan fingerprint density at radius 3 is 2.27 bits per heavy atom. The summed E-state index contributed by atoms with van der Waals surface area (Å²) in [5, 5.41) is 3.20. The SMILES string of the molecule is Cc1nc(C)c(CCNC(=O)C23CC4CC(CC(C4)C2)C3)o1. The number of aryl methyl sites for hydroxylation is 2. The molecule has 1 heterocycles. The Morgan fingerprint density at radius 2 is 1.77 bits per heavy atom. The van der Waals surface area contributed by atoms with E-state index in [4.69, 9.17) is 4.42 Å². The minimum absolute atomic E-state index is 0.0406. The first-order chi connectivity index (χ1) is 10.5. The third kappa shape index (κ3) is 2.37. The molecule has 4 heteroatoms. The standard InChI is InChI=1S/C18H26N2O2/c1-11-16(22-12(2)20-11)3-4-19-17(21)18-8-13-5-14(9-18)7-15(6-13)10-18/h13-15H,3-10H2,1-2H3,(H,19,21). The minimum atomic E-state index is -0.0406. The van der Waals surface area contributed by atoms with Crippen LogP contribution >= 0.6 is 0 Å². The largest absolute Gasteiger partial charge is 0.446 e. The average Bonchev–Trinajstić information content (AvgIpc) is 2.75. The zero-order chi connectivity index (χ0) is 15.3. The van der Waals surface area contributed by atoms with Crippen molar-refractivity contribution in [2.24, 2.45) is 23.2 Å². The van der Waals surface area contributed by atoms with E-state index in [-0.39, 0.29) is 5.41 Å². The number of hydrogen-bond donors (Lipinski definition) is 1. The topological polar surface area (TPSA) is 55.1 Å². The van der Waals surface area contributed by atoms with Gasteiger partial charge in [0, 0.05) is 25.3 Å². The summed E-state index contributed by atoms with van der Waals surface area (Å²) in [6, 6.07) is 0. The van der Waals surface area contributed by atoms with Gasteiger partial charge in [0.15, 0.2) is 5.89 Å². The van der Waals surface area contributed by atoms with E-state index in [2.05, 4.69) is 10.3 Å². The molecule has 1 aromatic heterocycles. The number of hydrogen-bond acceptors (Lipinski definition) is 3. The van der Waals surface area contributed by atoms with Crippen molar-refractivity contribution in [3.05, 3.63) is 17.3 Å². The van der Waals surface area contributed by atoms with E-state index >= 15 is 0 Å². The van der Waals surface area contributed by atoms with Gasteiger partial charge < -0.3 is 9.73 Å². The molecule has 0 atom stereocenters. The molecule has 1 aromatic rings. The molecule has 0 spiro atoms. The Morgan fingerprint density at radius 1 is 1.18 bits per heavy atom. The van der Waals surface area contributed by atoms with Gasteiger partial charge in [0.05, 0.1) is 5.69 Å². The second kappa shape index (κ2) is 5.10. The minimum Gasteiger partial charge on any atom is -0.446 e. The summed E-state index contributed by atoms with van der Waals surface area (Å²) in [5.74, 6) is 4.37. The number of nitrogens with one attached hydrogen (secondary N) is 1. The molecule has 0 aliphatic heterocycles. The number of carbonyl (C=O) groups is 1. The Balaban J connectivity index is 1.37. The van der Waals surface area contributed by atoms with Crippen LogP contribution in [0.2, 0.25) is 0 Å². The highest BCUT2D eigenvalue weighted by atomic mass is 16.4. The number of carbonyl (C=O) groups excluding carboxylic acids is 1. The predicted molar refractivity (Wildman–Crippen MR) is 83.3 cm³/mol. The van der Waals surface area contributed by atoms with Gasteiger partial charge in [-0.3, -0.25) is 4.79 Å². The summed E-state index contributed by atoms with van der Waals surface area (Å²) >= 11 is 0. The monoisotopic (exact) mass is 302 g/mol. The summed E-state index contributed by atoms with van der Waals surface area (Å²) < 4.78 is 5.58. The van der Waals surface area contributed by atoms with Gasteiger partial charge >= 0.3 is 0 Å². The molecular formula is C18H26N2O2. The van der Waals surface area contributed by atoms with Crippen LogP contribution in [0.1, 0.15) is 55.9 Å². The van der Waals surface area contributed by atoms with Crippen molar-refractivity contribution in [2.45, 2.75) is 58.8 Å². The fourth-order valence-corrected chi connectivity index (χ4v) is 5.67. The lowest BCUT2D eigenvalue weighted by Crippen LogP contribution is -2.53. The Bertz CT molecular complexity index is 555. The molecule has 1 N–H and O–H groups in total. The average molecular weight is 302 g/mol. The summed E-state index contributed by atoms with van der Waals surface area (Å²) in [6.07, 6.45) is 8.27. The zero-order valence-corrected chi connectivity index (χ0v) is 13.7. The van der Waals surface area contributed by atoms with Crippen molar-refractivity contribution in [3.63, 3.8) is 0 Å². The van der Waals surface area contributed by atoms with Crippen molar-refractivity contribution >= 4 is 5.91 Å². The molecule has 22 heavy (non-hydrogen) atoms. The predicted octanol–water partition coefficient (Wildman–Crippen LogP) is 3.17. The van der Waals surface area contributed by atoms with Gasteiger partial charge in [-0.1, -0.05) is 0 Å². The molecule has 0 unspecified atom stereocenters. The maximum atomic E-state index is 12.8. The molecule has 4 bridgehead atoms. The van der Waals surface area contributed by atoms with Crippen molar-refractivity contribution in [3.8, 4) is 0 Å². The van der Waals surface area contributed by atoms with Crippen LogP contribution in [0.3, 0.4) is 0 Å². The lowest BCUT2D eigenvalue weighted by molar-refractivity contribution is -0.146. The summed E-state index contributed by atoms with van der Waals surface area (Å²) in [5.41, 5.74) is 0.905. The molecule has 0 aromatic carbocycles. The van der Waals surface area contributed by atoms with E-state index in [1.165, 1.54) is 19.3 Å². The van der Waals surface area contributed by atoms with Gasteiger partial charge in [-0.05, 0) is 63.2 Å². The van der Waals surface area contributed by atoms with Gasteiger partial charge in [-0.25, -0.2) is 4.98 Å². The maximum absolute atomic E-state index is 12.8. The number of amides is 1. The lowest BCUT2D eigenvalue weighted by atomic mass is 9.49. The highest BCUT2D eigenvalue weighted by Gasteiger charge is 2.54. The van der Waals surface area contributed by atoms with E-state index in [1.807, 2.05) is 13.8 Å². The summed E-state index contributed by atoms with van der Waals surface area (Å²) in [4.78, 5) is 17.1. The first-order valence-corrected chi connectivity index (χ1v) is 8.75. The van der Waals surface area contributed by atoms with E-state index < -0.39 is 0 Å². The fraction of sp³-hybridized carbons (Fsp3) is 0.778. The van der Waals surface area contributed by atoms with E-state index in [0.29, 0.717) is 18.3 Å². The van der Waals surface area contributed by atoms with Crippen LogP contribution in [0.15, 0.2) is 4.42 Å². The van der Waals surface area contributed by atoms with Crippen LogP contribution in [0.4, 0.5) is 0 Å². The number of rotatable bonds is 4. The Labute approximate surface area is 132 Å². The smallest absolute Gasteiger partial charge is 0.226 e. The molecule has 5 rings (SSSR count). The molecule has 4 aliphatic carbocycles. The highest BCUT2D eigenvalue weighted by Crippen LogP contribution is 2.60. The van der Waals surface area contributed by atoms with Gasteiger partial charge in [-0.2, -0.15) is 0 Å². The van der Waals surface area contributed by atoms with Crippen molar-refractivity contribution in [2.75, 3.05) is 6.54 Å². The van der Waals surface area contributed by atoms with Gasteiger partial charge in [0.25, 0.3) is 0 Å². The van der Waals surface area contributed by atoms with Gasteiger partial charge in [-0.15, -0.1) is 0 Å². The Hall–Kier alpha value is -1.32. The molecule has 4 aliphatic rings. The fourth-order valence-electron chi connectivity index (χ4n) is 5.67. The third-order valence-electron chi connectivity index (χ3n) is 6.16. The van der Waals surface area contributed by atoms with Crippen LogP contribution in [0, 0.1) is 37.0 Å². The van der Waals surface area contributed by atoms with E-state index in [1.54, 1.807) is 0 Å². The normalized spacial score (nSPS) is 35.8. The first-order valence-electron chi connectivity index (χ1n) is 8.75. The molecule has 0 radical (unpaired) electrons. The maximum Gasteiger partial charge on any atom is 0.226 e. The van der Waals surface area contributed by atoms with E-state index in [0.717, 1.165) is 54.9 Å². The van der Waals surface area contributed by atoms with Crippen molar-refractivity contribution in [1.82, 2.24) is 10.3 Å². The van der Waals surface area contributed by atoms with Crippen molar-refractivity contribution < 1.29 is 9.21 Å². The quantitative estimate of drug-likeness (QED) is 0.929. The lowest BCUT2D eigenvalue weighted by Gasteiger charge is -2.55. The zero-order valence-electron chi connectivity index (χ0n) is 13.7. The highest BCUT2D eigenvalue weighted by molar-refractivity contribution is 5.83. The third-order valence-corrected chi connectivity index (χ3v) is 6.16. The van der Waals surface area contributed by atoms with Crippen LogP contribution in [0.25, 0.3) is 0 Å². The number of aromatic nitrogens is 1. The first kappa shape index (κ1) is 14.3. The second-order valence-corrected chi connectivity index (χ2v) is 7.95. The van der Waals surface area contributed by atoms with Crippen LogP contribution < -0.4 is 5.32 Å². The molecule has 4 nitrogen and oxygen atoms in total. The van der Waals surface area contributed by atoms with Crippen LogP contribution in [0.5, 0.6) is 0 Å². The number of oxazole rings is 1. The molecule has 1 amide bonds. The van der Waals surface area contributed by atoms with Gasteiger partial charge in [0.1, 0.15) is 5.76 Å².